The Bertz CT molecular complexity index is 354. The van der Waals surface area contributed by atoms with Crippen molar-refractivity contribution in [1.82, 2.24) is 14.8 Å². The summed E-state index contributed by atoms with van der Waals surface area (Å²) in [6.07, 6.45) is -1.52. The molecule has 0 radical (unpaired) electrons. The van der Waals surface area contributed by atoms with Crippen LogP contribution in [0.2, 0.25) is 0 Å². The van der Waals surface area contributed by atoms with Gasteiger partial charge in [0.2, 0.25) is 0 Å². The normalized spacial score (nSPS) is 9.60. The number of hydrogen-bond donors (Lipinski definition) is 3. The number of carbonyl (C=O) groups is 1. The van der Waals surface area contributed by atoms with Crippen LogP contribution in [0.25, 0.3) is 0 Å². The second-order valence-electron chi connectivity index (χ2n) is 1.49. The average molecular weight is 145 g/mol. The summed E-state index contributed by atoms with van der Waals surface area (Å²) >= 11 is 0. The van der Waals surface area contributed by atoms with Gasteiger partial charge in [-0.3, -0.25) is 4.98 Å². The number of H-pyrrole nitrogens is 2. The van der Waals surface area contributed by atoms with Crippen LogP contribution in [0.4, 0.5) is 4.79 Å². The molecule has 0 aliphatic heterocycles. The molecule has 3 N–H and O–H groups in total. The lowest BCUT2D eigenvalue weighted by Gasteiger charge is -1.84. The second kappa shape index (κ2) is 1.87. The van der Waals surface area contributed by atoms with Gasteiger partial charge in [0.25, 0.3) is 0 Å². The monoisotopic (exact) mass is 145 g/mol. The van der Waals surface area contributed by atoms with Crippen LogP contribution in [0.5, 0.6) is 0 Å². The quantitative estimate of drug-likeness (QED) is 0.408. The van der Waals surface area contributed by atoms with Gasteiger partial charge in [-0.05, 0) is 0 Å². The molecule has 0 unspecified atom stereocenters. The van der Waals surface area contributed by atoms with Gasteiger partial charge in [-0.15, -0.1) is 4.68 Å². The Morgan fingerprint density at radius 3 is 2.30 bits per heavy atom. The van der Waals surface area contributed by atoms with Gasteiger partial charge in [0.1, 0.15) is 0 Å². The molecule has 0 aromatic carbocycles. The molecule has 0 fully saturated rings. The average Bonchev–Trinajstić information content (AvgIpc) is 2.10. The van der Waals surface area contributed by atoms with E-state index in [4.69, 9.17) is 5.11 Å². The van der Waals surface area contributed by atoms with Gasteiger partial charge in [0, 0.05) is 0 Å². The maximum absolute atomic E-state index is 10.4. The molecule has 7 nitrogen and oxygen atoms in total. The van der Waals surface area contributed by atoms with Crippen LogP contribution in [-0.4, -0.2) is 26.0 Å². The molecular formula is C3H3N3O4. The van der Waals surface area contributed by atoms with Crippen LogP contribution in [0.1, 0.15) is 0 Å². The summed E-state index contributed by atoms with van der Waals surface area (Å²) < 4.78 is 0.155. The van der Waals surface area contributed by atoms with E-state index in [2.05, 4.69) is 0 Å². The zero-order chi connectivity index (χ0) is 7.72. The van der Waals surface area contributed by atoms with Crippen LogP contribution in [0.3, 0.4) is 0 Å². The summed E-state index contributed by atoms with van der Waals surface area (Å²) in [6.45, 7) is 0. The Labute approximate surface area is 52.9 Å². The molecule has 10 heavy (non-hydrogen) atoms. The van der Waals surface area contributed by atoms with Crippen molar-refractivity contribution in [2.75, 3.05) is 0 Å². The van der Waals surface area contributed by atoms with E-state index >= 15 is 0 Å². The molecule has 0 bridgehead atoms. The molecule has 0 amide bonds. The molecule has 0 spiro atoms. The number of hydrogen-bond acceptors (Lipinski definition) is 3. The topological polar surface area (TPSA) is 108 Å². The first-order chi connectivity index (χ1) is 4.61. The Morgan fingerprint density at radius 1 is 1.50 bits per heavy atom. The lowest BCUT2D eigenvalue weighted by atomic mass is 11.1. The lowest BCUT2D eigenvalue weighted by molar-refractivity contribution is 0.191. The Kier molecular flexibility index (Phi) is 1.18. The molecule has 0 saturated heterocycles. The van der Waals surface area contributed by atoms with E-state index in [1.165, 1.54) is 0 Å². The molecule has 0 saturated carbocycles. The van der Waals surface area contributed by atoms with Gasteiger partial charge in [0.05, 0.1) is 0 Å². The molecule has 0 aliphatic carbocycles. The van der Waals surface area contributed by atoms with E-state index in [0.717, 1.165) is 0 Å². The minimum atomic E-state index is -1.52. The number of rotatable bonds is 0. The van der Waals surface area contributed by atoms with Crippen molar-refractivity contribution in [2.45, 2.75) is 0 Å². The maximum Gasteiger partial charge on any atom is 0.435 e. The van der Waals surface area contributed by atoms with Gasteiger partial charge in [0.15, 0.2) is 0 Å². The predicted molar refractivity (Wildman–Crippen MR) is 29.1 cm³/mol. The van der Waals surface area contributed by atoms with Gasteiger partial charge >= 0.3 is 17.5 Å². The highest BCUT2D eigenvalue weighted by atomic mass is 16.4. The van der Waals surface area contributed by atoms with Crippen molar-refractivity contribution in [2.24, 2.45) is 0 Å². The van der Waals surface area contributed by atoms with Crippen molar-refractivity contribution < 1.29 is 9.90 Å². The van der Waals surface area contributed by atoms with Crippen molar-refractivity contribution in [3.8, 4) is 0 Å². The largest absolute Gasteiger partial charge is 0.463 e. The van der Waals surface area contributed by atoms with Crippen LogP contribution in [0, 0.1) is 0 Å². The third kappa shape index (κ3) is 0.835. The molecule has 1 aromatic heterocycles. The van der Waals surface area contributed by atoms with E-state index in [0.29, 0.717) is 0 Å². The minimum Gasteiger partial charge on any atom is -0.463 e. The van der Waals surface area contributed by atoms with E-state index in [9.17, 15) is 14.4 Å². The molecule has 1 aromatic rings. The van der Waals surface area contributed by atoms with Gasteiger partial charge in [-0.1, -0.05) is 0 Å². The minimum absolute atomic E-state index is 0.155. The van der Waals surface area contributed by atoms with Crippen LogP contribution >= 0.6 is 0 Å². The Morgan fingerprint density at radius 2 is 2.10 bits per heavy atom. The third-order valence-electron chi connectivity index (χ3n) is 0.828. The van der Waals surface area contributed by atoms with Crippen LogP contribution in [0.15, 0.2) is 9.59 Å². The molecule has 0 aliphatic rings. The molecule has 1 heterocycles. The fourth-order valence-corrected chi connectivity index (χ4v) is 0.468. The fourth-order valence-electron chi connectivity index (χ4n) is 0.468. The summed E-state index contributed by atoms with van der Waals surface area (Å²) in [4.78, 5) is 32.3. The number of aromatic amines is 2. The summed E-state index contributed by atoms with van der Waals surface area (Å²) in [6, 6.07) is 0. The standard InChI is InChI=1S/C3H3N3O4/c7-1-4-2(8)6(5-1)3(9)10/h(H,9,10)(H2,4,5,7,8). The third-order valence-corrected chi connectivity index (χ3v) is 0.828. The van der Waals surface area contributed by atoms with E-state index < -0.39 is 17.5 Å². The molecule has 0 atom stereocenters. The van der Waals surface area contributed by atoms with Crippen LogP contribution < -0.4 is 11.4 Å². The van der Waals surface area contributed by atoms with E-state index in [1.54, 1.807) is 10.1 Å². The molecule has 7 heteroatoms. The molecule has 1 rings (SSSR count). The Hall–Kier alpha value is -1.79. The van der Waals surface area contributed by atoms with Crippen LogP contribution in [-0.2, 0) is 0 Å². The zero-order valence-corrected chi connectivity index (χ0v) is 4.62. The highest BCUT2D eigenvalue weighted by molar-refractivity contribution is 5.65. The van der Waals surface area contributed by atoms with Crippen molar-refractivity contribution in [1.29, 1.82) is 0 Å². The fraction of sp³-hybridized carbons (Fsp3) is 0. The highest BCUT2D eigenvalue weighted by Crippen LogP contribution is 1.64. The van der Waals surface area contributed by atoms with Gasteiger partial charge in [-0.2, -0.15) is 0 Å². The first kappa shape index (κ1) is 6.33. The smallest absolute Gasteiger partial charge is 0.435 e. The number of aromatic nitrogens is 3. The van der Waals surface area contributed by atoms with E-state index in [-0.39, 0.29) is 4.68 Å². The highest BCUT2D eigenvalue weighted by Gasteiger charge is 2.04. The first-order valence-electron chi connectivity index (χ1n) is 2.26. The van der Waals surface area contributed by atoms with Crippen molar-refractivity contribution in [3.05, 3.63) is 21.0 Å². The van der Waals surface area contributed by atoms with Gasteiger partial charge in [-0.25, -0.2) is 19.5 Å². The zero-order valence-electron chi connectivity index (χ0n) is 4.62. The lowest BCUT2D eigenvalue weighted by Crippen LogP contribution is -2.24. The maximum atomic E-state index is 10.4. The molecular weight excluding hydrogens is 142 g/mol. The molecule has 54 valence electrons. The first-order valence-corrected chi connectivity index (χ1v) is 2.26. The Balaban J connectivity index is 3.43. The summed E-state index contributed by atoms with van der Waals surface area (Å²) in [5.74, 6) is 0. The summed E-state index contributed by atoms with van der Waals surface area (Å²) in [5.41, 5.74) is -1.83. The predicted octanol–water partition coefficient (Wildman–Crippen LogP) is -1.61. The summed E-state index contributed by atoms with van der Waals surface area (Å²) in [5, 5.41) is 9.89. The second-order valence-corrected chi connectivity index (χ2v) is 1.49. The van der Waals surface area contributed by atoms with Crippen molar-refractivity contribution in [3.63, 3.8) is 0 Å². The van der Waals surface area contributed by atoms with E-state index in [1.807, 2.05) is 0 Å². The summed E-state index contributed by atoms with van der Waals surface area (Å²) in [7, 11) is 0. The SMILES string of the molecule is O=C(O)n1[nH]c(=O)[nH]c1=O. The van der Waals surface area contributed by atoms with Gasteiger partial charge < -0.3 is 5.11 Å². The van der Waals surface area contributed by atoms with Crippen molar-refractivity contribution >= 4 is 6.09 Å². The number of nitrogens with one attached hydrogen (secondary N) is 2. The number of carboxylic acid groups (broad SMARTS) is 1. The number of nitrogens with zero attached hydrogens (tertiary/aromatic N) is 1.